The molecule has 1 N–H and O–H groups in total. The number of aliphatic hydroxyl groups excluding tert-OH is 1. The van der Waals surface area contributed by atoms with Gasteiger partial charge in [0.05, 0.1) is 13.2 Å². The molecule has 0 spiro atoms. The van der Waals surface area contributed by atoms with Crippen molar-refractivity contribution in [3.8, 4) is 0 Å². The maximum absolute atomic E-state index is 13.2. The molecule has 1 fully saturated rings. The van der Waals surface area contributed by atoms with Gasteiger partial charge in [-0.15, -0.1) is 0 Å². The second-order valence-electron chi connectivity index (χ2n) is 7.81. The molecule has 1 aromatic carbocycles. The molecule has 1 aromatic rings. The molecular formula is C23H27FO4. The number of esters is 1. The Kier molecular flexibility index (Phi) is 6.79. The summed E-state index contributed by atoms with van der Waals surface area (Å²) >= 11 is 0. The molecule has 0 amide bonds. The van der Waals surface area contributed by atoms with Crippen LogP contribution in [-0.2, 0) is 20.7 Å². The van der Waals surface area contributed by atoms with Crippen LogP contribution in [0.1, 0.15) is 31.2 Å². The standard InChI is InChI=1S/C23H27FO4/c1-28-23(27)14-20(26)13-19(25)10-11-21-16-4-6-17(7-5-16)22(21)12-15-2-8-18(24)9-3-15/h2-4,6,8-11,16-17,19,21-22,25H,5,7,12-14H2,1H3/t16-,17?,19?,21?,22+/m0/s1. The minimum absolute atomic E-state index is 0.0924. The highest BCUT2D eigenvalue weighted by Crippen LogP contribution is 2.46. The number of rotatable bonds is 8. The van der Waals surface area contributed by atoms with Crippen molar-refractivity contribution in [2.45, 2.75) is 38.2 Å². The van der Waals surface area contributed by atoms with Gasteiger partial charge in [-0.25, -0.2) is 4.39 Å². The second kappa shape index (κ2) is 9.28. The largest absolute Gasteiger partial charge is 0.469 e. The number of fused-ring (bicyclic) bond motifs is 2. The number of benzene rings is 1. The van der Waals surface area contributed by atoms with Crippen LogP contribution in [0.15, 0.2) is 48.6 Å². The Balaban J connectivity index is 1.65. The Hall–Kier alpha value is -2.27. The molecule has 2 bridgehead atoms. The van der Waals surface area contributed by atoms with Crippen LogP contribution in [-0.4, -0.2) is 30.1 Å². The Morgan fingerprint density at radius 2 is 1.89 bits per heavy atom. The molecule has 3 unspecified atom stereocenters. The van der Waals surface area contributed by atoms with E-state index in [1.165, 1.54) is 19.2 Å². The van der Waals surface area contributed by atoms with Crippen molar-refractivity contribution in [3.05, 3.63) is 60.0 Å². The van der Waals surface area contributed by atoms with Crippen molar-refractivity contribution in [1.82, 2.24) is 0 Å². The van der Waals surface area contributed by atoms with Gasteiger partial charge in [0.25, 0.3) is 0 Å². The van der Waals surface area contributed by atoms with Gasteiger partial charge in [-0.2, -0.15) is 0 Å². The third kappa shape index (κ3) is 5.16. The zero-order valence-corrected chi connectivity index (χ0v) is 16.1. The monoisotopic (exact) mass is 386 g/mol. The maximum Gasteiger partial charge on any atom is 0.313 e. The molecule has 0 aromatic heterocycles. The first-order valence-electron chi connectivity index (χ1n) is 9.84. The first-order valence-corrected chi connectivity index (χ1v) is 9.84. The van der Waals surface area contributed by atoms with Gasteiger partial charge in [0.2, 0.25) is 0 Å². The lowest BCUT2D eigenvalue weighted by Gasteiger charge is -2.44. The molecule has 28 heavy (non-hydrogen) atoms. The number of hydrogen-bond acceptors (Lipinski definition) is 4. The molecule has 4 rings (SSSR count). The van der Waals surface area contributed by atoms with E-state index in [0.717, 1.165) is 24.8 Å². The Labute approximate surface area is 165 Å². The number of hydrogen-bond donors (Lipinski definition) is 1. The number of ketones is 1. The minimum Gasteiger partial charge on any atom is -0.469 e. The highest BCUT2D eigenvalue weighted by molar-refractivity contribution is 5.95. The molecule has 0 saturated heterocycles. The van der Waals surface area contributed by atoms with Gasteiger partial charge < -0.3 is 9.84 Å². The molecule has 0 aliphatic heterocycles. The molecular weight excluding hydrogens is 359 g/mol. The third-order valence-electron chi connectivity index (χ3n) is 5.92. The summed E-state index contributed by atoms with van der Waals surface area (Å²) in [6.07, 6.45) is 10.1. The summed E-state index contributed by atoms with van der Waals surface area (Å²) in [5, 5.41) is 10.2. The number of aliphatic hydroxyl groups is 1. The molecule has 5 atom stereocenters. The van der Waals surface area contributed by atoms with E-state index in [-0.39, 0.29) is 30.4 Å². The highest BCUT2D eigenvalue weighted by Gasteiger charge is 2.39. The third-order valence-corrected chi connectivity index (χ3v) is 5.92. The van der Waals surface area contributed by atoms with Gasteiger partial charge >= 0.3 is 5.97 Å². The van der Waals surface area contributed by atoms with Crippen LogP contribution in [0, 0.1) is 29.5 Å². The predicted molar refractivity (Wildman–Crippen MR) is 104 cm³/mol. The van der Waals surface area contributed by atoms with Crippen LogP contribution in [0.3, 0.4) is 0 Å². The van der Waals surface area contributed by atoms with Crippen molar-refractivity contribution >= 4 is 11.8 Å². The van der Waals surface area contributed by atoms with Crippen molar-refractivity contribution < 1.29 is 23.8 Å². The normalized spacial score (nSPS) is 27.1. The van der Waals surface area contributed by atoms with Gasteiger partial charge in [-0.1, -0.05) is 36.4 Å². The lowest BCUT2D eigenvalue weighted by Crippen LogP contribution is -2.37. The number of methoxy groups -OCH3 is 1. The fourth-order valence-electron chi connectivity index (χ4n) is 4.47. The average Bonchev–Trinajstić information content (AvgIpc) is 2.69. The lowest BCUT2D eigenvalue weighted by atomic mass is 9.60. The maximum atomic E-state index is 13.2. The topological polar surface area (TPSA) is 63.6 Å². The Bertz CT molecular complexity index is 752. The Morgan fingerprint density at radius 1 is 1.21 bits per heavy atom. The molecule has 3 aliphatic carbocycles. The fourth-order valence-corrected chi connectivity index (χ4v) is 4.47. The summed E-state index contributed by atoms with van der Waals surface area (Å²) in [5.74, 6) is 0.409. The zero-order chi connectivity index (χ0) is 20.1. The smallest absolute Gasteiger partial charge is 0.313 e. The van der Waals surface area contributed by atoms with Crippen molar-refractivity contribution in [3.63, 3.8) is 0 Å². The lowest BCUT2D eigenvalue weighted by molar-refractivity contribution is -0.143. The average molecular weight is 386 g/mol. The molecule has 150 valence electrons. The number of ether oxygens (including phenoxy) is 1. The first kappa shape index (κ1) is 20.5. The van der Waals surface area contributed by atoms with E-state index in [1.807, 2.05) is 18.2 Å². The summed E-state index contributed by atoms with van der Waals surface area (Å²) in [6, 6.07) is 6.66. The van der Waals surface area contributed by atoms with Gasteiger partial charge in [-0.3, -0.25) is 9.59 Å². The predicted octanol–water partition coefficient (Wildman–Crippen LogP) is 3.64. The number of Topliss-reactive ketones (excluding diaryl/α,β-unsaturated/α-hetero) is 1. The van der Waals surface area contributed by atoms with E-state index in [2.05, 4.69) is 16.9 Å². The van der Waals surface area contributed by atoms with E-state index in [4.69, 9.17) is 0 Å². The fraction of sp³-hybridized carbons (Fsp3) is 0.478. The molecule has 1 saturated carbocycles. The van der Waals surface area contributed by atoms with E-state index >= 15 is 0 Å². The van der Waals surface area contributed by atoms with Crippen LogP contribution in [0.2, 0.25) is 0 Å². The summed E-state index contributed by atoms with van der Waals surface area (Å²) in [7, 11) is 1.23. The van der Waals surface area contributed by atoms with Crippen LogP contribution in [0.25, 0.3) is 0 Å². The van der Waals surface area contributed by atoms with E-state index < -0.39 is 12.1 Å². The van der Waals surface area contributed by atoms with Crippen molar-refractivity contribution in [2.24, 2.45) is 23.7 Å². The quantitative estimate of drug-likeness (QED) is 0.421. The van der Waals surface area contributed by atoms with Crippen LogP contribution in [0.4, 0.5) is 4.39 Å². The summed E-state index contributed by atoms with van der Waals surface area (Å²) in [5.41, 5.74) is 1.11. The summed E-state index contributed by atoms with van der Waals surface area (Å²) in [4.78, 5) is 23.0. The van der Waals surface area contributed by atoms with E-state index in [1.54, 1.807) is 6.08 Å². The SMILES string of the molecule is COC(=O)CC(=O)CC(O)C=CC1[C@H](Cc2ccc(F)cc2)C2C=C[C@H]1CC2. The first-order chi connectivity index (χ1) is 13.5. The number of allylic oxidation sites excluding steroid dienone is 3. The van der Waals surface area contributed by atoms with E-state index in [0.29, 0.717) is 17.8 Å². The van der Waals surface area contributed by atoms with Gasteiger partial charge in [-0.05, 0) is 60.6 Å². The number of carbonyl (C=O) groups excluding carboxylic acids is 2. The molecule has 5 heteroatoms. The van der Waals surface area contributed by atoms with Crippen molar-refractivity contribution in [2.75, 3.05) is 7.11 Å². The number of halogens is 1. The second-order valence-corrected chi connectivity index (χ2v) is 7.81. The molecule has 3 aliphatic rings. The van der Waals surface area contributed by atoms with E-state index in [9.17, 15) is 19.1 Å². The molecule has 4 nitrogen and oxygen atoms in total. The van der Waals surface area contributed by atoms with Crippen LogP contribution in [0.5, 0.6) is 0 Å². The van der Waals surface area contributed by atoms with Crippen LogP contribution < -0.4 is 0 Å². The Morgan fingerprint density at radius 3 is 2.54 bits per heavy atom. The molecule has 0 heterocycles. The summed E-state index contributed by atoms with van der Waals surface area (Å²) < 4.78 is 17.7. The number of carbonyl (C=O) groups is 2. The van der Waals surface area contributed by atoms with Crippen LogP contribution >= 0.6 is 0 Å². The van der Waals surface area contributed by atoms with Crippen molar-refractivity contribution in [1.29, 1.82) is 0 Å². The molecule has 0 radical (unpaired) electrons. The minimum atomic E-state index is -0.909. The zero-order valence-electron chi connectivity index (χ0n) is 16.1. The van der Waals surface area contributed by atoms with Gasteiger partial charge in [0, 0.05) is 6.42 Å². The van der Waals surface area contributed by atoms with Gasteiger partial charge in [0.15, 0.2) is 0 Å². The highest BCUT2D eigenvalue weighted by atomic mass is 19.1. The summed E-state index contributed by atoms with van der Waals surface area (Å²) in [6.45, 7) is 0. The van der Waals surface area contributed by atoms with Gasteiger partial charge in [0.1, 0.15) is 18.0 Å².